The highest BCUT2D eigenvalue weighted by molar-refractivity contribution is 6.39. The van der Waals surface area contributed by atoms with Crippen molar-refractivity contribution < 1.29 is 24.0 Å². The van der Waals surface area contributed by atoms with Crippen LogP contribution in [0.25, 0.3) is 0 Å². The topological polar surface area (TPSA) is 101 Å². The van der Waals surface area contributed by atoms with Gasteiger partial charge in [-0.3, -0.25) is 29.4 Å². The molecule has 3 amide bonds. The van der Waals surface area contributed by atoms with Crippen LogP contribution in [0.4, 0.5) is 0 Å². The number of hydrogen-bond donors (Lipinski definition) is 1. The Hall–Kier alpha value is -2.31. The normalized spacial score (nSPS) is 14.2. The SMILES string of the molecule is CC(=O)CC(=O)C(=O)NN1C(=O)C=CC1=O. The van der Waals surface area contributed by atoms with E-state index in [0.717, 1.165) is 19.1 Å². The van der Waals surface area contributed by atoms with Gasteiger partial charge in [-0.1, -0.05) is 0 Å². The van der Waals surface area contributed by atoms with Crippen molar-refractivity contribution in [2.24, 2.45) is 0 Å². The first-order valence-electron chi connectivity index (χ1n) is 4.31. The summed E-state index contributed by atoms with van der Waals surface area (Å²) in [6, 6.07) is 0. The first-order chi connectivity index (χ1) is 7.41. The molecular weight excluding hydrogens is 216 g/mol. The lowest BCUT2D eigenvalue weighted by molar-refractivity contribution is -0.149. The van der Waals surface area contributed by atoms with E-state index in [-0.39, 0.29) is 0 Å². The predicted octanol–water partition coefficient (Wildman–Crippen LogP) is -1.51. The molecule has 0 radical (unpaired) electrons. The Kier molecular flexibility index (Phi) is 3.29. The average Bonchev–Trinajstić information content (AvgIpc) is 2.48. The molecule has 0 aliphatic carbocycles. The van der Waals surface area contributed by atoms with Gasteiger partial charge in [0.15, 0.2) is 0 Å². The molecule has 0 spiro atoms. The van der Waals surface area contributed by atoms with Crippen LogP contribution in [0.2, 0.25) is 0 Å². The van der Waals surface area contributed by atoms with Crippen molar-refractivity contribution in [3.8, 4) is 0 Å². The number of carbonyl (C=O) groups is 5. The maximum absolute atomic E-state index is 11.1. The number of Topliss-reactive ketones (excluding diaryl/α,β-unsaturated/α-hetero) is 2. The second-order valence-electron chi connectivity index (χ2n) is 3.09. The van der Waals surface area contributed by atoms with Gasteiger partial charge >= 0.3 is 5.91 Å². The Morgan fingerprint density at radius 2 is 1.69 bits per heavy atom. The molecule has 84 valence electrons. The number of amides is 3. The van der Waals surface area contributed by atoms with Crippen molar-refractivity contribution in [1.29, 1.82) is 0 Å². The van der Waals surface area contributed by atoms with Gasteiger partial charge in [-0.2, -0.15) is 5.01 Å². The number of carbonyl (C=O) groups excluding carboxylic acids is 5. The summed E-state index contributed by atoms with van der Waals surface area (Å²) in [7, 11) is 0. The van der Waals surface area contributed by atoms with Crippen LogP contribution in [0.3, 0.4) is 0 Å². The molecule has 1 aliphatic rings. The largest absolute Gasteiger partial charge is 0.306 e. The van der Waals surface area contributed by atoms with E-state index in [1.54, 1.807) is 0 Å². The molecule has 0 saturated carbocycles. The van der Waals surface area contributed by atoms with Crippen molar-refractivity contribution in [2.75, 3.05) is 0 Å². The highest BCUT2D eigenvalue weighted by Crippen LogP contribution is 1.99. The molecule has 0 fully saturated rings. The summed E-state index contributed by atoms with van der Waals surface area (Å²) in [5, 5.41) is 0.403. The van der Waals surface area contributed by atoms with Crippen LogP contribution < -0.4 is 5.43 Å². The lowest BCUT2D eigenvalue weighted by Gasteiger charge is -2.13. The summed E-state index contributed by atoms with van der Waals surface area (Å²) >= 11 is 0. The van der Waals surface area contributed by atoms with Crippen molar-refractivity contribution >= 4 is 29.3 Å². The Morgan fingerprint density at radius 3 is 2.12 bits per heavy atom. The Bertz CT molecular complexity index is 406. The van der Waals surface area contributed by atoms with Gasteiger partial charge < -0.3 is 0 Å². The van der Waals surface area contributed by atoms with E-state index in [9.17, 15) is 24.0 Å². The summed E-state index contributed by atoms with van der Waals surface area (Å²) in [4.78, 5) is 54.7. The Balaban J connectivity index is 2.58. The maximum atomic E-state index is 11.1. The molecular formula is C9H8N2O5. The van der Waals surface area contributed by atoms with Gasteiger partial charge in [-0.25, -0.2) is 0 Å². The van der Waals surface area contributed by atoms with Gasteiger partial charge in [0, 0.05) is 12.2 Å². The summed E-state index contributed by atoms with van der Waals surface area (Å²) in [5.74, 6) is -4.12. The zero-order valence-electron chi connectivity index (χ0n) is 8.35. The predicted molar refractivity (Wildman–Crippen MR) is 49.4 cm³/mol. The number of ketones is 2. The number of hydrazine groups is 1. The number of hydrogen-bond acceptors (Lipinski definition) is 5. The summed E-state index contributed by atoms with van der Waals surface area (Å²) < 4.78 is 0. The van der Waals surface area contributed by atoms with Crippen LogP contribution in [0.15, 0.2) is 12.2 Å². The molecule has 0 aromatic rings. The van der Waals surface area contributed by atoms with Crippen molar-refractivity contribution in [2.45, 2.75) is 13.3 Å². The van der Waals surface area contributed by atoms with E-state index >= 15 is 0 Å². The minimum Gasteiger partial charge on any atom is -0.300 e. The lowest BCUT2D eigenvalue weighted by Crippen LogP contribution is -2.48. The molecule has 0 atom stereocenters. The van der Waals surface area contributed by atoms with E-state index < -0.39 is 35.7 Å². The van der Waals surface area contributed by atoms with Gasteiger partial charge in [0.25, 0.3) is 11.8 Å². The van der Waals surface area contributed by atoms with Crippen molar-refractivity contribution in [3.05, 3.63) is 12.2 Å². The molecule has 1 aliphatic heterocycles. The molecule has 1 rings (SSSR count). The fourth-order valence-corrected chi connectivity index (χ4v) is 0.981. The molecule has 1 heterocycles. The van der Waals surface area contributed by atoms with E-state index in [4.69, 9.17) is 0 Å². The Labute approximate surface area is 90.1 Å². The van der Waals surface area contributed by atoms with Crippen molar-refractivity contribution in [1.82, 2.24) is 10.4 Å². The third-order valence-corrected chi connectivity index (χ3v) is 1.69. The fourth-order valence-electron chi connectivity index (χ4n) is 0.981. The van der Waals surface area contributed by atoms with E-state index in [2.05, 4.69) is 0 Å². The highest BCUT2D eigenvalue weighted by Gasteiger charge is 2.27. The standard InChI is InChI=1S/C9H8N2O5/c1-5(12)4-6(13)9(16)10-11-7(14)2-3-8(11)15/h2-3H,4H2,1H3,(H,10,16). The Morgan fingerprint density at radius 1 is 1.19 bits per heavy atom. The lowest BCUT2D eigenvalue weighted by atomic mass is 10.2. The van der Waals surface area contributed by atoms with Gasteiger partial charge in [0.2, 0.25) is 5.78 Å². The first kappa shape index (κ1) is 11.8. The quantitative estimate of drug-likeness (QED) is 0.355. The zero-order valence-corrected chi connectivity index (χ0v) is 8.35. The van der Waals surface area contributed by atoms with Crippen LogP contribution in [-0.4, -0.2) is 34.3 Å². The minimum absolute atomic E-state index is 0.403. The van der Waals surface area contributed by atoms with E-state index in [1.807, 2.05) is 5.43 Å². The summed E-state index contributed by atoms with van der Waals surface area (Å²) in [5.41, 5.74) is 1.81. The second kappa shape index (κ2) is 4.47. The molecule has 16 heavy (non-hydrogen) atoms. The van der Waals surface area contributed by atoms with E-state index in [0.29, 0.717) is 5.01 Å². The van der Waals surface area contributed by atoms with Crippen LogP contribution in [0.1, 0.15) is 13.3 Å². The molecule has 1 N–H and O–H groups in total. The van der Waals surface area contributed by atoms with Crippen LogP contribution in [0.5, 0.6) is 0 Å². The van der Waals surface area contributed by atoms with Gasteiger partial charge in [-0.15, -0.1) is 0 Å². The molecule has 0 aromatic heterocycles. The van der Waals surface area contributed by atoms with E-state index in [1.165, 1.54) is 0 Å². The number of nitrogens with one attached hydrogen (secondary N) is 1. The fraction of sp³-hybridized carbons (Fsp3) is 0.222. The zero-order chi connectivity index (χ0) is 12.3. The van der Waals surface area contributed by atoms with Crippen molar-refractivity contribution in [3.63, 3.8) is 0 Å². The molecule has 7 heteroatoms. The van der Waals surface area contributed by atoms with Crippen LogP contribution in [-0.2, 0) is 24.0 Å². The first-order valence-corrected chi connectivity index (χ1v) is 4.31. The monoisotopic (exact) mass is 224 g/mol. The summed E-state index contributed by atoms with van der Waals surface area (Å²) in [6.45, 7) is 1.15. The highest BCUT2D eigenvalue weighted by atomic mass is 16.2. The minimum atomic E-state index is -1.17. The molecule has 7 nitrogen and oxygen atoms in total. The van der Waals surface area contributed by atoms with Gasteiger partial charge in [0.05, 0.1) is 6.42 Å². The third kappa shape index (κ3) is 2.59. The number of nitrogens with zero attached hydrogens (tertiary/aromatic N) is 1. The van der Waals surface area contributed by atoms with Gasteiger partial charge in [0.1, 0.15) is 5.78 Å². The molecule has 0 unspecified atom stereocenters. The van der Waals surface area contributed by atoms with Crippen LogP contribution in [0, 0.1) is 0 Å². The number of rotatable bonds is 4. The van der Waals surface area contributed by atoms with Crippen LogP contribution >= 0.6 is 0 Å². The maximum Gasteiger partial charge on any atom is 0.306 e. The summed E-state index contributed by atoms with van der Waals surface area (Å²) in [6.07, 6.45) is 1.35. The second-order valence-corrected chi connectivity index (χ2v) is 3.09. The molecule has 0 aromatic carbocycles. The molecule has 0 saturated heterocycles. The average molecular weight is 224 g/mol. The molecule has 0 bridgehead atoms. The number of imide groups is 1. The smallest absolute Gasteiger partial charge is 0.300 e. The third-order valence-electron chi connectivity index (χ3n) is 1.69. The van der Waals surface area contributed by atoms with Gasteiger partial charge in [-0.05, 0) is 6.92 Å².